The molecule has 0 saturated carbocycles. The molecule has 1 N–H and O–H groups in total. The molecular formula is C11H23NO2. The maximum atomic E-state index is 5.80. The molecule has 0 amide bonds. The normalized spacial score (nSPS) is 29.4. The molecule has 1 heterocycles. The number of hydrogen-bond acceptors (Lipinski definition) is 3. The van der Waals surface area contributed by atoms with Gasteiger partial charge in [0, 0.05) is 6.61 Å². The first kappa shape index (κ1) is 12.0. The lowest BCUT2D eigenvalue weighted by atomic mass is 10.1. The van der Waals surface area contributed by atoms with Crippen LogP contribution in [0, 0.1) is 0 Å². The molecule has 0 spiro atoms. The summed E-state index contributed by atoms with van der Waals surface area (Å²) in [4.78, 5) is 0. The first-order chi connectivity index (χ1) is 6.77. The molecule has 1 aliphatic heterocycles. The van der Waals surface area contributed by atoms with E-state index in [-0.39, 0.29) is 0 Å². The van der Waals surface area contributed by atoms with E-state index in [0.717, 1.165) is 26.1 Å². The predicted octanol–water partition coefficient (Wildman–Crippen LogP) is 1.57. The Morgan fingerprint density at radius 2 is 2.29 bits per heavy atom. The molecule has 1 fully saturated rings. The lowest BCUT2D eigenvalue weighted by Gasteiger charge is -2.22. The fourth-order valence-electron chi connectivity index (χ4n) is 1.86. The summed E-state index contributed by atoms with van der Waals surface area (Å²) in [7, 11) is 1.98. The molecular weight excluding hydrogens is 178 g/mol. The topological polar surface area (TPSA) is 30.5 Å². The zero-order chi connectivity index (χ0) is 10.4. The van der Waals surface area contributed by atoms with Gasteiger partial charge in [-0.05, 0) is 33.2 Å². The third kappa shape index (κ3) is 3.56. The minimum absolute atomic E-state index is 0.340. The van der Waals surface area contributed by atoms with Crippen molar-refractivity contribution in [2.45, 2.75) is 51.4 Å². The summed E-state index contributed by atoms with van der Waals surface area (Å²) in [5.41, 5.74) is 0. The summed E-state index contributed by atoms with van der Waals surface area (Å²) in [6, 6.07) is 0.353. The van der Waals surface area contributed by atoms with Gasteiger partial charge in [0.2, 0.25) is 0 Å². The summed E-state index contributed by atoms with van der Waals surface area (Å²) in [5.74, 6) is 0. The van der Waals surface area contributed by atoms with E-state index in [1.165, 1.54) is 6.42 Å². The van der Waals surface area contributed by atoms with E-state index in [1.807, 2.05) is 7.05 Å². The average Bonchev–Trinajstić information content (AvgIpc) is 2.60. The van der Waals surface area contributed by atoms with Crippen molar-refractivity contribution in [1.29, 1.82) is 0 Å². The van der Waals surface area contributed by atoms with Gasteiger partial charge < -0.3 is 14.8 Å². The van der Waals surface area contributed by atoms with Gasteiger partial charge in [0.1, 0.15) is 0 Å². The van der Waals surface area contributed by atoms with Crippen LogP contribution in [-0.4, -0.2) is 38.5 Å². The summed E-state index contributed by atoms with van der Waals surface area (Å²) in [5, 5.41) is 3.27. The van der Waals surface area contributed by atoms with Crippen molar-refractivity contribution in [1.82, 2.24) is 5.32 Å². The quantitative estimate of drug-likeness (QED) is 0.662. The van der Waals surface area contributed by atoms with Crippen LogP contribution in [0.4, 0.5) is 0 Å². The monoisotopic (exact) mass is 201 g/mol. The lowest BCUT2D eigenvalue weighted by molar-refractivity contribution is 0.00386. The number of likely N-dealkylation sites (N-methyl/N-ethyl adjacent to an activating group) is 1. The van der Waals surface area contributed by atoms with Crippen molar-refractivity contribution in [2.24, 2.45) is 0 Å². The summed E-state index contributed by atoms with van der Waals surface area (Å²) in [6.07, 6.45) is 4.17. The van der Waals surface area contributed by atoms with E-state index in [2.05, 4.69) is 19.2 Å². The second-order valence-electron chi connectivity index (χ2n) is 4.03. The van der Waals surface area contributed by atoms with Gasteiger partial charge in [-0.3, -0.25) is 0 Å². The SMILES string of the molecule is CCCOCC(NC)C1CCC(C)O1. The summed E-state index contributed by atoms with van der Waals surface area (Å²) >= 11 is 0. The minimum atomic E-state index is 0.340. The van der Waals surface area contributed by atoms with Gasteiger partial charge in [-0.15, -0.1) is 0 Å². The van der Waals surface area contributed by atoms with Gasteiger partial charge in [-0.25, -0.2) is 0 Å². The molecule has 1 aliphatic rings. The van der Waals surface area contributed by atoms with Gasteiger partial charge >= 0.3 is 0 Å². The Kier molecular flexibility index (Phi) is 5.45. The van der Waals surface area contributed by atoms with Crippen LogP contribution < -0.4 is 5.32 Å². The van der Waals surface area contributed by atoms with Crippen LogP contribution >= 0.6 is 0 Å². The number of hydrogen-bond donors (Lipinski definition) is 1. The van der Waals surface area contributed by atoms with E-state index in [9.17, 15) is 0 Å². The van der Waals surface area contributed by atoms with Crippen molar-refractivity contribution < 1.29 is 9.47 Å². The lowest BCUT2D eigenvalue weighted by Crippen LogP contribution is -2.41. The molecule has 84 valence electrons. The van der Waals surface area contributed by atoms with Gasteiger partial charge in [-0.1, -0.05) is 6.92 Å². The van der Waals surface area contributed by atoms with Gasteiger partial charge in [0.15, 0.2) is 0 Å². The second kappa shape index (κ2) is 6.38. The van der Waals surface area contributed by atoms with Crippen LogP contribution in [0.15, 0.2) is 0 Å². The van der Waals surface area contributed by atoms with Crippen LogP contribution in [0.5, 0.6) is 0 Å². The molecule has 3 unspecified atom stereocenters. The standard InChI is InChI=1S/C11H23NO2/c1-4-7-13-8-10(12-3)11-6-5-9(2)14-11/h9-12H,4-8H2,1-3H3. The average molecular weight is 201 g/mol. The number of ether oxygens (including phenoxy) is 2. The zero-order valence-electron chi connectivity index (χ0n) is 9.58. The third-order valence-corrected chi connectivity index (χ3v) is 2.73. The Hall–Kier alpha value is -0.120. The van der Waals surface area contributed by atoms with Crippen molar-refractivity contribution in [3.8, 4) is 0 Å². The first-order valence-electron chi connectivity index (χ1n) is 5.68. The number of rotatable bonds is 6. The minimum Gasteiger partial charge on any atom is -0.380 e. The molecule has 0 bridgehead atoms. The molecule has 14 heavy (non-hydrogen) atoms. The van der Waals surface area contributed by atoms with Crippen molar-refractivity contribution in [3.05, 3.63) is 0 Å². The molecule has 0 aliphatic carbocycles. The highest BCUT2D eigenvalue weighted by Gasteiger charge is 2.28. The molecule has 3 atom stereocenters. The molecule has 0 radical (unpaired) electrons. The molecule has 0 aromatic heterocycles. The maximum absolute atomic E-state index is 5.80. The first-order valence-corrected chi connectivity index (χ1v) is 5.68. The Balaban J connectivity index is 2.23. The predicted molar refractivity (Wildman–Crippen MR) is 57.5 cm³/mol. The highest BCUT2D eigenvalue weighted by molar-refractivity contribution is 4.81. The number of nitrogens with one attached hydrogen (secondary N) is 1. The highest BCUT2D eigenvalue weighted by atomic mass is 16.5. The molecule has 1 saturated heterocycles. The van der Waals surface area contributed by atoms with E-state index in [0.29, 0.717) is 18.2 Å². The second-order valence-corrected chi connectivity index (χ2v) is 4.03. The van der Waals surface area contributed by atoms with Crippen LogP contribution in [-0.2, 0) is 9.47 Å². The zero-order valence-corrected chi connectivity index (χ0v) is 9.58. The largest absolute Gasteiger partial charge is 0.380 e. The van der Waals surface area contributed by atoms with E-state index >= 15 is 0 Å². The fourth-order valence-corrected chi connectivity index (χ4v) is 1.86. The fraction of sp³-hybridized carbons (Fsp3) is 1.00. The molecule has 3 heteroatoms. The third-order valence-electron chi connectivity index (χ3n) is 2.73. The summed E-state index contributed by atoms with van der Waals surface area (Å²) in [6.45, 7) is 5.88. The van der Waals surface area contributed by atoms with Crippen LogP contribution in [0.2, 0.25) is 0 Å². The van der Waals surface area contributed by atoms with Crippen molar-refractivity contribution in [2.75, 3.05) is 20.3 Å². The van der Waals surface area contributed by atoms with Gasteiger partial charge in [0.05, 0.1) is 24.9 Å². The summed E-state index contributed by atoms with van der Waals surface area (Å²) < 4.78 is 11.3. The Labute approximate surface area is 87.2 Å². The molecule has 0 aromatic rings. The van der Waals surface area contributed by atoms with E-state index < -0.39 is 0 Å². The van der Waals surface area contributed by atoms with Crippen LogP contribution in [0.25, 0.3) is 0 Å². The van der Waals surface area contributed by atoms with E-state index in [4.69, 9.17) is 9.47 Å². The Morgan fingerprint density at radius 1 is 1.50 bits per heavy atom. The Bertz CT molecular complexity index is 152. The van der Waals surface area contributed by atoms with E-state index in [1.54, 1.807) is 0 Å². The molecule has 3 nitrogen and oxygen atoms in total. The van der Waals surface area contributed by atoms with Crippen LogP contribution in [0.1, 0.15) is 33.1 Å². The highest BCUT2D eigenvalue weighted by Crippen LogP contribution is 2.21. The van der Waals surface area contributed by atoms with Gasteiger partial charge in [-0.2, -0.15) is 0 Å². The molecule has 1 rings (SSSR count). The maximum Gasteiger partial charge on any atom is 0.0755 e. The molecule has 0 aromatic carbocycles. The van der Waals surface area contributed by atoms with Gasteiger partial charge in [0.25, 0.3) is 0 Å². The Morgan fingerprint density at radius 3 is 2.79 bits per heavy atom. The van der Waals surface area contributed by atoms with Crippen LogP contribution in [0.3, 0.4) is 0 Å². The van der Waals surface area contributed by atoms with Crippen molar-refractivity contribution >= 4 is 0 Å². The van der Waals surface area contributed by atoms with Crippen molar-refractivity contribution in [3.63, 3.8) is 0 Å². The smallest absolute Gasteiger partial charge is 0.0755 e.